The van der Waals surface area contributed by atoms with Gasteiger partial charge in [-0.15, -0.1) is 0 Å². The van der Waals surface area contributed by atoms with Gasteiger partial charge in [-0.2, -0.15) is 5.10 Å². The zero-order chi connectivity index (χ0) is 26.5. The second-order valence-corrected chi connectivity index (χ2v) is 9.52. The minimum Gasteiger partial charge on any atom is -0.423 e. The standard InChI is InChI=1S/C31H22BrN3O3/c1-20-7-16-28-26(17-20)27(18-29(34-28)22-10-12-24(32)13-11-22)30(36)35-33-19-21-8-14-25(15-9-21)38-31(37)23-5-3-2-4-6-23/h2-19H,1H3,(H,35,36). The van der Waals surface area contributed by atoms with Crippen LogP contribution in [0, 0.1) is 6.92 Å². The monoisotopic (exact) mass is 563 g/mol. The summed E-state index contributed by atoms with van der Waals surface area (Å²) in [6.07, 6.45) is 1.53. The maximum atomic E-state index is 13.2. The molecule has 0 fully saturated rings. The van der Waals surface area contributed by atoms with Gasteiger partial charge in [0, 0.05) is 15.4 Å². The van der Waals surface area contributed by atoms with Crippen molar-refractivity contribution in [3.8, 4) is 17.0 Å². The van der Waals surface area contributed by atoms with Crippen LogP contribution in [0.5, 0.6) is 5.75 Å². The number of aryl methyl sites for hydroxylation is 1. The highest BCUT2D eigenvalue weighted by Gasteiger charge is 2.14. The number of fused-ring (bicyclic) bond motifs is 1. The summed E-state index contributed by atoms with van der Waals surface area (Å²) in [5, 5.41) is 4.89. The third kappa shape index (κ3) is 5.85. The number of benzene rings is 4. The van der Waals surface area contributed by atoms with Crippen molar-refractivity contribution in [2.24, 2.45) is 5.10 Å². The smallest absolute Gasteiger partial charge is 0.343 e. The number of nitrogens with one attached hydrogen (secondary N) is 1. The van der Waals surface area contributed by atoms with Gasteiger partial charge in [0.2, 0.25) is 0 Å². The van der Waals surface area contributed by atoms with Gasteiger partial charge in [-0.1, -0.05) is 57.9 Å². The molecule has 0 aliphatic rings. The van der Waals surface area contributed by atoms with Crippen molar-refractivity contribution in [1.82, 2.24) is 10.4 Å². The maximum Gasteiger partial charge on any atom is 0.343 e. The molecule has 0 saturated heterocycles. The van der Waals surface area contributed by atoms with Gasteiger partial charge in [-0.05, 0) is 79.2 Å². The first-order valence-corrected chi connectivity index (χ1v) is 12.6. The van der Waals surface area contributed by atoms with Crippen molar-refractivity contribution in [3.63, 3.8) is 0 Å². The van der Waals surface area contributed by atoms with Crippen molar-refractivity contribution in [2.45, 2.75) is 6.92 Å². The summed E-state index contributed by atoms with van der Waals surface area (Å²) in [5.74, 6) is -0.355. The minimum absolute atomic E-state index is 0.342. The lowest BCUT2D eigenvalue weighted by molar-refractivity contribution is 0.0734. The average Bonchev–Trinajstić information content (AvgIpc) is 2.94. The molecule has 1 amide bonds. The Labute approximate surface area is 228 Å². The van der Waals surface area contributed by atoms with Crippen LogP contribution in [0.2, 0.25) is 0 Å². The van der Waals surface area contributed by atoms with Crippen LogP contribution in [0.15, 0.2) is 113 Å². The van der Waals surface area contributed by atoms with E-state index in [0.717, 1.165) is 32.1 Å². The fraction of sp³-hybridized carbons (Fsp3) is 0.0323. The van der Waals surface area contributed by atoms with Crippen LogP contribution in [-0.2, 0) is 0 Å². The quantitative estimate of drug-likeness (QED) is 0.105. The molecule has 0 bridgehead atoms. The van der Waals surface area contributed by atoms with Gasteiger partial charge in [0.15, 0.2) is 0 Å². The number of amides is 1. The van der Waals surface area contributed by atoms with Gasteiger partial charge in [0.05, 0.1) is 28.6 Å². The van der Waals surface area contributed by atoms with Crippen molar-refractivity contribution in [3.05, 3.63) is 130 Å². The number of pyridine rings is 1. The predicted octanol–water partition coefficient (Wildman–Crippen LogP) is 6.96. The number of nitrogens with zero attached hydrogens (tertiary/aromatic N) is 2. The Kier molecular flexibility index (Phi) is 7.38. The van der Waals surface area contributed by atoms with Crippen LogP contribution >= 0.6 is 15.9 Å². The lowest BCUT2D eigenvalue weighted by Gasteiger charge is -2.10. The maximum absolute atomic E-state index is 13.2. The van der Waals surface area contributed by atoms with E-state index in [1.54, 1.807) is 54.6 Å². The Morgan fingerprint density at radius 2 is 1.63 bits per heavy atom. The van der Waals surface area contributed by atoms with Gasteiger partial charge in [-0.3, -0.25) is 4.79 Å². The molecule has 4 aromatic carbocycles. The van der Waals surface area contributed by atoms with Crippen molar-refractivity contribution in [2.75, 3.05) is 0 Å². The van der Waals surface area contributed by atoms with Crippen LogP contribution in [0.4, 0.5) is 0 Å². The summed E-state index contributed by atoms with van der Waals surface area (Å²) < 4.78 is 6.36. The predicted molar refractivity (Wildman–Crippen MR) is 153 cm³/mol. The summed E-state index contributed by atoms with van der Waals surface area (Å²) in [6.45, 7) is 1.97. The van der Waals surface area contributed by atoms with Crippen LogP contribution < -0.4 is 10.2 Å². The molecule has 0 aliphatic carbocycles. The molecule has 6 nitrogen and oxygen atoms in total. The summed E-state index contributed by atoms with van der Waals surface area (Å²) in [5.41, 5.74) is 7.67. The average molecular weight is 564 g/mol. The number of aromatic nitrogens is 1. The number of hydrogen-bond acceptors (Lipinski definition) is 5. The van der Waals surface area contributed by atoms with Gasteiger partial charge in [-0.25, -0.2) is 15.2 Å². The summed E-state index contributed by atoms with van der Waals surface area (Å²) in [4.78, 5) is 30.2. The molecule has 186 valence electrons. The number of carbonyl (C=O) groups excluding carboxylic acids is 2. The second kappa shape index (κ2) is 11.2. The Bertz CT molecular complexity index is 1650. The molecule has 0 unspecified atom stereocenters. The Hall–Kier alpha value is -4.62. The molecule has 5 rings (SSSR count). The topological polar surface area (TPSA) is 80.7 Å². The highest BCUT2D eigenvalue weighted by atomic mass is 79.9. The van der Waals surface area contributed by atoms with Crippen LogP contribution in [0.25, 0.3) is 22.2 Å². The first-order valence-electron chi connectivity index (χ1n) is 11.8. The zero-order valence-corrected chi connectivity index (χ0v) is 22.0. The fourth-order valence-electron chi connectivity index (χ4n) is 3.88. The highest BCUT2D eigenvalue weighted by molar-refractivity contribution is 9.10. The number of carbonyl (C=O) groups is 2. The van der Waals surface area contributed by atoms with E-state index in [4.69, 9.17) is 9.72 Å². The van der Waals surface area contributed by atoms with Gasteiger partial charge in [0.1, 0.15) is 5.75 Å². The zero-order valence-electron chi connectivity index (χ0n) is 20.4. The normalized spacial score (nSPS) is 11.0. The third-order valence-electron chi connectivity index (χ3n) is 5.83. The Morgan fingerprint density at radius 3 is 2.37 bits per heavy atom. The van der Waals surface area contributed by atoms with Crippen LogP contribution in [0.1, 0.15) is 31.8 Å². The Morgan fingerprint density at radius 1 is 0.895 bits per heavy atom. The van der Waals surface area contributed by atoms with Gasteiger partial charge >= 0.3 is 5.97 Å². The SMILES string of the molecule is Cc1ccc2nc(-c3ccc(Br)cc3)cc(C(=O)NN=Cc3ccc(OC(=O)c4ccccc4)cc3)c2c1. The molecule has 1 aromatic heterocycles. The number of rotatable bonds is 6. The number of halogens is 1. The minimum atomic E-state index is -0.429. The summed E-state index contributed by atoms with van der Waals surface area (Å²) in [7, 11) is 0. The van der Waals surface area contributed by atoms with Gasteiger partial charge in [0.25, 0.3) is 5.91 Å². The van der Waals surface area contributed by atoms with Gasteiger partial charge < -0.3 is 4.74 Å². The second-order valence-electron chi connectivity index (χ2n) is 8.61. The number of hydrogen-bond donors (Lipinski definition) is 1. The lowest BCUT2D eigenvalue weighted by Crippen LogP contribution is -2.18. The molecule has 7 heteroatoms. The number of hydrazone groups is 1. The van der Waals surface area contributed by atoms with E-state index in [0.29, 0.717) is 22.6 Å². The molecule has 1 N–H and O–H groups in total. The largest absolute Gasteiger partial charge is 0.423 e. The van der Waals surface area contributed by atoms with E-state index >= 15 is 0 Å². The van der Waals surface area contributed by atoms with E-state index in [1.165, 1.54) is 6.21 Å². The first kappa shape index (κ1) is 25.0. The molecule has 0 radical (unpaired) electrons. The van der Waals surface area contributed by atoms with E-state index in [1.807, 2.05) is 55.5 Å². The number of esters is 1. The molecule has 0 atom stereocenters. The molecule has 1 heterocycles. The highest BCUT2D eigenvalue weighted by Crippen LogP contribution is 2.27. The third-order valence-corrected chi connectivity index (χ3v) is 6.36. The fourth-order valence-corrected chi connectivity index (χ4v) is 4.15. The first-order chi connectivity index (χ1) is 18.5. The van der Waals surface area contributed by atoms with E-state index in [-0.39, 0.29) is 5.91 Å². The molecular formula is C31H22BrN3O3. The molecule has 38 heavy (non-hydrogen) atoms. The van der Waals surface area contributed by atoms with Crippen molar-refractivity contribution in [1.29, 1.82) is 0 Å². The Balaban J connectivity index is 1.32. The molecular weight excluding hydrogens is 542 g/mol. The summed E-state index contributed by atoms with van der Waals surface area (Å²) in [6, 6.07) is 31.0. The van der Waals surface area contributed by atoms with E-state index in [2.05, 4.69) is 26.5 Å². The lowest BCUT2D eigenvalue weighted by atomic mass is 10.0. The molecule has 0 saturated carbocycles. The van der Waals surface area contributed by atoms with E-state index in [9.17, 15) is 9.59 Å². The molecule has 0 aliphatic heterocycles. The van der Waals surface area contributed by atoms with Crippen molar-refractivity contribution < 1.29 is 14.3 Å². The molecule has 5 aromatic rings. The van der Waals surface area contributed by atoms with Crippen LogP contribution in [-0.4, -0.2) is 23.1 Å². The summed E-state index contributed by atoms with van der Waals surface area (Å²) >= 11 is 3.45. The van der Waals surface area contributed by atoms with E-state index < -0.39 is 5.97 Å². The van der Waals surface area contributed by atoms with Crippen molar-refractivity contribution >= 4 is 44.9 Å². The number of ether oxygens (including phenoxy) is 1. The van der Waals surface area contributed by atoms with Crippen LogP contribution in [0.3, 0.4) is 0 Å². The molecule has 0 spiro atoms.